The fourth-order valence-electron chi connectivity index (χ4n) is 3.85. The zero-order chi connectivity index (χ0) is 18.3. The van der Waals surface area contributed by atoms with Gasteiger partial charge in [-0.25, -0.2) is 9.59 Å². The first-order chi connectivity index (χ1) is 12.6. The molecule has 1 fully saturated rings. The molecule has 2 aromatic rings. The van der Waals surface area contributed by atoms with Crippen LogP contribution in [-0.2, 0) is 9.53 Å². The lowest BCUT2D eigenvalue weighted by atomic mass is 9.96. The van der Waals surface area contributed by atoms with Gasteiger partial charge < -0.3 is 9.84 Å². The molecule has 0 radical (unpaired) electrons. The van der Waals surface area contributed by atoms with Crippen LogP contribution in [-0.4, -0.2) is 41.3 Å². The summed E-state index contributed by atoms with van der Waals surface area (Å²) in [6.45, 7) is 2.28. The van der Waals surface area contributed by atoms with Crippen LogP contribution in [0.25, 0.3) is 11.1 Å². The molecule has 1 heterocycles. The molecule has 5 heteroatoms. The van der Waals surface area contributed by atoms with Gasteiger partial charge in [0.1, 0.15) is 6.61 Å². The number of nitrogens with zero attached hydrogens (tertiary/aromatic N) is 1. The highest BCUT2D eigenvalue weighted by Crippen LogP contribution is 2.44. The van der Waals surface area contributed by atoms with Gasteiger partial charge in [0, 0.05) is 12.5 Å². The summed E-state index contributed by atoms with van der Waals surface area (Å²) in [4.78, 5) is 25.0. The van der Waals surface area contributed by atoms with Gasteiger partial charge in [-0.3, -0.25) is 4.90 Å². The van der Waals surface area contributed by atoms with Crippen LogP contribution in [0.5, 0.6) is 0 Å². The second-order valence-corrected chi connectivity index (χ2v) is 6.54. The summed E-state index contributed by atoms with van der Waals surface area (Å²) in [5, 5.41) is 9.30. The van der Waals surface area contributed by atoms with E-state index in [2.05, 4.69) is 24.3 Å². The van der Waals surface area contributed by atoms with Gasteiger partial charge in [0.05, 0.1) is 0 Å². The van der Waals surface area contributed by atoms with Gasteiger partial charge in [0.25, 0.3) is 0 Å². The molecule has 1 aliphatic heterocycles. The highest BCUT2D eigenvalue weighted by atomic mass is 16.6. The van der Waals surface area contributed by atoms with Gasteiger partial charge in [0.2, 0.25) is 0 Å². The maximum atomic E-state index is 12.4. The number of carboxylic acids is 1. The van der Waals surface area contributed by atoms with E-state index >= 15 is 0 Å². The van der Waals surface area contributed by atoms with E-state index in [0.717, 1.165) is 27.8 Å². The minimum atomic E-state index is -1.03. The summed E-state index contributed by atoms with van der Waals surface area (Å²) in [6.07, 6.45) is 1.16. The average molecular weight is 349 g/mol. The molecule has 132 valence electrons. The summed E-state index contributed by atoms with van der Waals surface area (Å²) in [6, 6.07) is 15.3. The maximum Gasteiger partial charge on any atom is 0.411 e. The standard InChI is InChI=1S/C21H19NO4/c1-2-13-11-22(19(13)20(23)24)21(25)26-12-18-16-9-5-3-7-14(16)15-8-4-6-10-17(15)18/h2-10,18-19H,11-12H2,1H3,(H,23,24)/b13-2-. The van der Waals surface area contributed by atoms with Crippen molar-refractivity contribution in [2.75, 3.05) is 13.2 Å². The van der Waals surface area contributed by atoms with Crippen LogP contribution < -0.4 is 0 Å². The Morgan fingerprint density at radius 2 is 1.69 bits per heavy atom. The summed E-state index contributed by atoms with van der Waals surface area (Å²) < 4.78 is 5.51. The van der Waals surface area contributed by atoms with Crippen molar-refractivity contribution in [2.24, 2.45) is 0 Å². The van der Waals surface area contributed by atoms with E-state index in [9.17, 15) is 14.7 Å². The zero-order valence-electron chi connectivity index (χ0n) is 14.4. The molecule has 0 aromatic heterocycles. The Balaban J connectivity index is 1.52. The zero-order valence-corrected chi connectivity index (χ0v) is 14.4. The minimum Gasteiger partial charge on any atom is -0.479 e. The predicted octanol–water partition coefficient (Wildman–Crippen LogP) is 3.65. The van der Waals surface area contributed by atoms with Gasteiger partial charge in [-0.05, 0) is 34.8 Å². The molecular weight excluding hydrogens is 330 g/mol. The first kappa shape index (κ1) is 16.4. The molecule has 0 saturated carbocycles. The monoisotopic (exact) mass is 349 g/mol. The lowest BCUT2D eigenvalue weighted by molar-refractivity contribution is -0.143. The first-order valence-electron chi connectivity index (χ1n) is 8.61. The third-order valence-corrected chi connectivity index (χ3v) is 5.19. The van der Waals surface area contributed by atoms with Crippen molar-refractivity contribution in [3.63, 3.8) is 0 Å². The molecule has 1 amide bonds. The number of rotatable bonds is 3. The quantitative estimate of drug-likeness (QED) is 0.859. The average Bonchev–Trinajstić information content (AvgIpc) is 2.93. The number of benzene rings is 2. The fourth-order valence-corrected chi connectivity index (χ4v) is 3.85. The van der Waals surface area contributed by atoms with Crippen molar-refractivity contribution in [3.8, 4) is 11.1 Å². The van der Waals surface area contributed by atoms with E-state index in [4.69, 9.17) is 4.74 Å². The third-order valence-electron chi connectivity index (χ3n) is 5.19. The van der Waals surface area contributed by atoms with Crippen LogP contribution in [0.1, 0.15) is 24.0 Å². The van der Waals surface area contributed by atoms with Crippen LogP contribution in [0, 0.1) is 0 Å². The molecule has 0 bridgehead atoms. The van der Waals surface area contributed by atoms with Crippen molar-refractivity contribution in [1.29, 1.82) is 0 Å². The van der Waals surface area contributed by atoms with Crippen LogP contribution in [0.3, 0.4) is 0 Å². The number of ether oxygens (including phenoxy) is 1. The number of aliphatic carboxylic acids is 1. The molecule has 2 aliphatic rings. The summed E-state index contributed by atoms with van der Waals surface area (Å²) in [5.41, 5.74) is 5.31. The van der Waals surface area contributed by atoms with Gasteiger partial charge in [-0.1, -0.05) is 54.6 Å². The number of likely N-dealkylation sites (tertiary alicyclic amines) is 1. The largest absolute Gasteiger partial charge is 0.479 e. The van der Waals surface area contributed by atoms with E-state index in [0.29, 0.717) is 6.54 Å². The van der Waals surface area contributed by atoms with Crippen molar-refractivity contribution in [3.05, 3.63) is 71.3 Å². The number of carboxylic acid groups (broad SMARTS) is 1. The molecule has 4 rings (SSSR count). The van der Waals surface area contributed by atoms with Gasteiger partial charge >= 0.3 is 12.1 Å². The Labute approximate surface area is 151 Å². The Hall–Kier alpha value is -3.08. The normalized spacial score (nSPS) is 19.7. The smallest absolute Gasteiger partial charge is 0.411 e. The van der Waals surface area contributed by atoms with Crippen LogP contribution in [0.15, 0.2) is 60.2 Å². The summed E-state index contributed by atoms with van der Waals surface area (Å²) in [7, 11) is 0. The lowest BCUT2D eigenvalue weighted by Crippen LogP contribution is -2.57. The second kappa shape index (κ2) is 6.33. The molecule has 1 aliphatic carbocycles. The molecule has 2 aromatic carbocycles. The summed E-state index contributed by atoms with van der Waals surface area (Å²) in [5.74, 6) is -1.06. The number of hydrogen-bond donors (Lipinski definition) is 1. The van der Waals surface area contributed by atoms with Crippen LogP contribution >= 0.6 is 0 Å². The van der Waals surface area contributed by atoms with E-state index in [-0.39, 0.29) is 12.5 Å². The van der Waals surface area contributed by atoms with Crippen molar-refractivity contribution in [2.45, 2.75) is 18.9 Å². The van der Waals surface area contributed by atoms with Gasteiger partial charge in [-0.15, -0.1) is 0 Å². The number of amides is 1. The number of hydrogen-bond acceptors (Lipinski definition) is 3. The Morgan fingerprint density at radius 1 is 1.12 bits per heavy atom. The molecule has 5 nitrogen and oxygen atoms in total. The van der Waals surface area contributed by atoms with Gasteiger partial charge in [0.15, 0.2) is 6.04 Å². The Morgan fingerprint density at radius 3 is 2.23 bits per heavy atom. The summed E-state index contributed by atoms with van der Waals surface area (Å²) >= 11 is 0. The SMILES string of the molecule is C/C=C1/CN(C(=O)OCC2c3ccccc3-c3ccccc32)C1C(=O)O. The molecule has 1 N–H and O–H groups in total. The fraction of sp³-hybridized carbons (Fsp3) is 0.238. The van der Waals surface area contributed by atoms with E-state index in [1.54, 1.807) is 13.0 Å². The lowest BCUT2D eigenvalue weighted by Gasteiger charge is -2.39. The minimum absolute atomic E-state index is 0.0305. The number of carbonyl (C=O) groups excluding carboxylic acids is 1. The van der Waals surface area contributed by atoms with Crippen molar-refractivity contribution < 1.29 is 19.4 Å². The van der Waals surface area contributed by atoms with E-state index < -0.39 is 18.1 Å². The third kappa shape index (κ3) is 2.47. The highest BCUT2D eigenvalue weighted by molar-refractivity contribution is 5.86. The highest BCUT2D eigenvalue weighted by Gasteiger charge is 2.43. The van der Waals surface area contributed by atoms with Crippen LogP contribution in [0.4, 0.5) is 4.79 Å². The number of allylic oxidation sites excluding steroid dienone is 1. The topological polar surface area (TPSA) is 66.8 Å². The van der Waals surface area contributed by atoms with E-state index in [1.165, 1.54) is 4.90 Å². The Bertz CT molecular complexity index is 872. The maximum absolute atomic E-state index is 12.4. The van der Waals surface area contributed by atoms with Crippen molar-refractivity contribution >= 4 is 12.1 Å². The molecular formula is C21H19NO4. The van der Waals surface area contributed by atoms with Crippen molar-refractivity contribution in [1.82, 2.24) is 4.90 Å². The van der Waals surface area contributed by atoms with Gasteiger partial charge in [-0.2, -0.15) is 0 Å². The first-order valence-corrected chi connectivity index (χ1v) is 8.61. The molecule has 1 atom stereocenters. The molecule has 0 spiro atoms. The molecule has 26 heavy (non-hydrogen) atoms. The van der Waals surface area contributed by atoms with E-state index in [1.807, 2.05) is 24.3 Å². The van der Waals surface area contributed by atoms with Crippen LogP contribution in [0.2, 0.25) is 0 Å². The predicted molar refractivity (Wildman–Crippen MR) is 97.0 cm³/mol. The number of fused-ring (bicyclic) bond motifs is 3. The second-order valence-electron chi connectivity index (χ2n) is 6.54. The number of carbonyl (C=O) groups is 2. The molecule has 1 unspecified atom stereocenters. The Kier molecular flexibility index (Phi) is 3.99. The molecule has 1 saturated heterocycles.